The van der Waals surface area contributed by atoms with Crippen LogP contribution < -0.4 is 16.4 Å². The van der Waals surface area contributed by atoms with E-state index in [1.54, 1.807) is 0 Å². The van der Waals surface area contributed by atoms with Crippen molar-refractivity contribution in [1.29, 1.82) is 0 Å². The molecule has 0 spiro atoms. The van der Waals surface area contributed by atoms with Crippen molar-refractivity contribution < 1.29 is 0 Å². The van der Waals surface area contributed by atoms with Crippen LogP contribution in [0, 0.1) is 5.41 Å². The Morgan fingerprint density at radius 1 is 1.56 bits per heavy atom. The monoisotopic (exact) mass is 251 g/mol. The largest absolute Gasteiger partial charge is 0.370 e. The smallest absolute Gasteiger partial charge is 0.124 e. The second kappa shape index (κ2) is 5.28. The Labute approximate surface area is 109 Å². The van der Waals surface area contributed by atoms with Gasteiger partial charge < -0.3 is 16.4 Å². The average molecular weight is 251 g/mol. The predicted octanol–water partition coefficient (Wildman–Crippen LogP) is 1.20. The SMILES string of the molecule is CC(C)(C)C(N)CCNc1ccnn1C1CNC1. The molecule has 1 fully saturated rings. The van der Waals surface area contributed by atoms with Crippen LogP contribution in [0.1, 0.15) is 33.2 Å². The molecule has 0 aromatic carbocycles. The summed E-state index contributed by atoms with van der Waals surface area (Å²) in [7, 11) is 0. The average Bonchev–Trinajstić information content (AvgIpc) is 2.62. The third-order valence-electron chi connectivity index (χ3n) is 3.65. The van der Waals surface area contributed by atoms with Crippen molar-refractivity contribution in [3.8, 4) is 0 Å². The molecule has 1 atom stereocenters. The van der Waals surface area contributed by atoms with E-state index in [2.05, 4.69) is 41.2 Å². The molecule has 2 heterocycles. The molecule has 0 saturated carbocycles. The third kappa shape index (κ3) is 3.03. The molecule has 4 N–H and O–H groups in total. The van der Waals surface area contributed by atoms with Crippen molar-refractivity contribution in [1.82, 2.24) is 15.1 Å². The molecule has 0 amide bonds. The number of nitrogens with two attached hydrogens (primary N) is 1. The summed E-state index contributed by atoms with van der Waals surface area (Å²) >= 11 is 0. The van der Waals surface area contributed by atoms with Crippen molar-refractivity contribution in [2.24, 2.45) is 11.1 Å². The van der Waals surface area contributed by atoms with Gasteiger partial charge in [-0.05, 0) is 11.8 Å². The Bertz CT molecular complexity index is 375. The van der Waals surface area contributed by atoms with Gasteiger partial charge in [-0.1, -0.05) is 20.8 Å². The molecule has 0 bridgehead atoms. The molecular formula is C13H25N5. The summed E-state index contributed by atoms with van der Waals surface area (Å²) in [5.74, 6) is 1.10. The van der Waals surface area contributed by atoms with Gasteiger partial charge in [-0.2, -0.15) is 5.10 Å². The standard InChI is InChI=1S/C13H25N5/c1-13(2,3)11(14)4-6-16-12-5-7-17-18(12)10-8-15-9-10/h5,7,10-11,15-16H,4,6,8-9,14H2,1-3H3. The number of anilines is 1. The lowest BCUT2D eigenvalue weighted by molar-refractivity contribution is 0.308. The molecular weight excluding hydrogens is 226 g/mol. The van der Waals surface area contributed by atoms with E-state index in [9.17, 15) is 0 Å². The molecule has 1 aromatic heterocycles. The first-order valence-corrected chi connectivity index (χ1v) is 6.72. The second-order valence-corrected chi connectivity index (χ2v) is 6.16. The first kappa shape index (κ1) is 13.4. The third-order valence-corrected chi connectivity index (χ3v) is 3.65. The molecule has 1 aromatic rings. The summed E-state index contributed by atoms with van der Waals surface area (Å²) in [6, 6.07) is 2.74. The number of hydrogen-bond acceptors (Lipinski definition) is 4. The zero-order valence-electron chi connectivity index (χ0n) is 11.6. The fourth-order valence-electron chi connectivity index (χ4n) is 1.98. The highest BCUT2D eigenvalue weighted by atomic mass is 15.4. The lowest BCUT2D eigenvalue weighted by atomic mass is 9.85. The van der Waals surface area contributed by atoms with Crippen LogP contribution in [0.25, 0.3) is 0 Å². The first-order valence-electron chi connectivity index (χ1n) is 6.72. The summed E-state index contributed by atoms with van der Waals surface area (Å²) < 4.78 is 2.07. The van der Waals surface area contributed by atoms with Gasteiger partial charge in [0.1, 0.15) is 5.82 Å². The predicted molar refractivity (Wildman–Crippen MR) is 74.7 cm³/mol. The van der Waals surface area contributed by atoms with Gasteiger partial charge in [-0.15, -0.1) is 0 Å². The van der Waals surface area contributed by atoms with Gasteiger partial charge in [0.2, 0.25) is 0 Å². The van der Waals surface area contributed by atoms with Crippen LogP contribution >= 0.6 is 0 Å². The normalized spacial score (nSPS) is 18.4. The fraction of sp³-hybridized carbons (Fsp3) is 0.769. The van der Waals surface area contributed by atoms with Gasteiger partial charge >= 0.3 is 0 Å². The van der Waals surface area contributed by atoms with E-state index in [4.69, 9.17) is 5.73 Å². The van der Waals surface area contributed by atoms with Crippen LogP contribution in [0.15, 0.2) is 12.3 Å². The Kier molecular flexibility index (Phi) is 3.92. The maximum atomic E-state index is 6.15. The maximum absolute atomic E-state index is 6.15. The topological polar surface area (TPSA) is 67.9 Å². The van der Waals surface area contributed by atoms with Gasteiger partial charge in [0.05, 0.1) is 12.2 Å². The Morgan fingerprint density at radius 3 is 2.83 bits per heavy atom. The molecule has 5 heteroatoms. The Morgan fingerprint density at radius 2 is 2.28 bits per heavy atom. The molecule has 2 rings (SSSR count). The molecule has 0 aliphatic carbocycles. The van der Waals surface area contributed by atoms with Crippen molar-refractivity contribution in [2.45, 2.75) is 39.3 Å². The van der Waals surface area contributed by atoms with Crippen LogP contribution in [-0.4, -0.2) is 35.5 Å². The molecule has 0 radical (unpaired) electrons. The summed E-state index contributed by atoms with van der Waals surface area (Å²) in [6.07, 6.45) is 2.82. The van der Waals surface area contributed by atoms with E-state index >= 15 is 0 Å². The number of nitrogens with one attached hydrogen (secondary N) is 2. The lowest BCUT2D eigenvalue weighted by Gasteiger charge is -2.30. The number of rotatable bonds is 5. The van der Waals surface area contributed by atoms with Crippen molar-refractivity contribution >= 4 is 5.82 Å². The molecule has 1 aliphatic heterocycles. The van der Waals surface area contributed by atoms with E-state index in [1.165, 1.54) is 0 Å². The van der Waals surface area contributed by atoms with Gasteiger partial charge in [0, 0.05) is 31.7 Å². The van der Waals surface area contributed by atoms with E-state index in [1.807, 2.05) is 12.3 Å². The minimum Gasteiger partial charge on any atom is -0.370 e. The molecule has 1 saturated heterocycles. The van der Waals surface area contributed by atoms with E-state index in [-0.39, 0.29) is 11.5 Å². The summed E-state index contributed by atoms with van der Waals surface area (Å²) in [5, 5.41) is 11.1. The van der Waals surface area contributed by atoms with Crippen molar-refractivity contribution in [3.05, 3.63) is 12.3 Å². The zero-order valence-corrected chi connectivity index (χ0v) is 11.6. The van der Waals surface area contributed by atoms with Crippen LogP contribution in [-0.2, 0) is 0 Å². The van der Waals surface area contributed by atoms with Crippen LogP contribution in [0.3, 0.4) is 0 Å². The number of aromatic nitrogens is 2. The lowest BCUT2D eigenvalue weighted by Crippen LogP contribution is -2.44. The number of nitrogens with zero attached hydrogens (tertiary/aromatic N) is 2. The summed E-state index contributed by atoms with van der Waals surface area (Å²) in [6.45, 7) is 9.46. The van der Waals surface area contributed by atoms with Crippen LogP contribution in [0.2, 0.25) is 0 Å². The summed E-state index contributed by atoms with van der Waals surface area (Å²) in [4.78, 5) is 0. The van der Waals surface area contributed by atoms with E-state index < -0.39 is 0 Å². The van der Waals surface area contributed by atoms with Gasteiger partial charge in [0.15, 0.2) is 0 Å². The molecule has 1 aliphatic rings. The van der Waals surface area contributed by atoms with E-state index in [0.717, 1.165) is 31.9 Å². The summed E-state index contributed by atoms with van der Waals surface area (Å²) in [5.41, 5.74) is 6.32. The molecule has 1 unspecified atom stereocenters. The molecule has 18 heavy (non-hydrogen) atoms. The quantitative estimate of drug-likeness (QED) is 0.735. The highest BCUT2D eigenvalue weighted by molar-refractivity contribution is 5.34. The first-order chi connectivity index (χ1) is 8.48. The Hall–Kier alpha value is -1.07. The second-order valence-electron chi connectivity index (χ2n) is 6.16. The van der Waals surface area contributed by atoms with Gasteiger partial charge in [-0.25, -0.2) is 4.68 Å². The van der Waals surface area contributed by atoms with Crippen molar-refractivity contribution in [3.63, 3.8) is 0 Å². The molecule has 102 valence electrons. The van der Waals surface area contributed by atoms with E-state index in [0.29, 0.717) is 6.04 Å². The maximum Gasteiger partial charge on any atom is 0.124 e. The number of hydrogen-bond donors (Lipinski definition) is 3. The van der Waals surface area contributed by atoms with Gasteiger partial charge in [-0.3, -0.25) is 0 Å². The van der Waals surface area contributed by atoms with Crippen LogP contribution in [0.5, 0.6) is 0 Å². The molecule has 5 nitrogen and oxygen atoms in total. The minimum atomic E-state index is 0.166. The highest BCUT2D eigenvalue weighted by Crippen LogP contribution is 2.21. The van der Waals surface area contributed by atoms with Crippen molar-refractivity contribution in [2.75, 3.05) is 25.0 Å². The minimum absolute atomic E-state index is 0.166. The Balaban J connectivity index is 1.82. The van der Waals surface area contributed by atoms with Gasteiger partial charge in [0.25, 0.3) is 0 Å². The zero-order chi connectivity index (χ0) is 13.2. The highest BCUT2D eigenvalue weighted by Gasteiger charge is 2.22. The fourth-order valence-corrected chi connectivity index (χ4v) is 1.98. The van der Waals surface area contributed by atoms with Crippen LogP contribution in [0.4, 0.5) is 5.82 Å².